The Balaban J connectivity index is 2.04. The second-order valence-corrected chi connectivity index (χ2v) is 5.44. The molecule has 20 heavy (non-hydrogen) atoms. The molecule has 0 unspecified atom stereocenters. The van der Waals surface area contributed by atoms with Gasteiger partial charge in [-0.05, 0) is 30.5 Å². The maximum atomic E-state index is 12.2. The van der Waals surface area contributed by atoms with E-state index in [1.54, 1.807) is 24.5 Å². The van der Waals surface area contributed by atoms with Crippen LogP contribution < -0.4 is 11.1 Å². The van der Waals surface area contributed by atoms with Crippen molar-refractivity contribution in [1.82, 2.24) is 10.3 Å². The lowest BCUT2D eigenvalue weighted by Crippen LogP contribution is -2.57. The second kappa shape index (κ2) is 6.50. The molecule has 1 heterocycles. The molecule has 108 valence electrons. The molecule has 0 radical (unpaired) electrons. The maximum Gasteiger partial charge on any atom is 0.243 e. The Bertz CT molecular complexity index is 465. The Hall–Kier alpha value is -1.91. The fourth-order valence-electron chi connectivity index (χ4n) is 2.76. The molecule has 0 saturated heterocycles. The molecule has 1 aliphatic rings. The fraction of sp³-hybridized carbons (Fsp3) is 0.533. The van der Waals surface area contributed by atoms with Crippen LogP contribution in [0.1, 0.15) is 44.1 Å². The lowest BCUT2D eigenvalue weighted by molar-refractivity contribution is -0.131. The lowest BCUT2D eigenvalue weighted by atomic mass is 9.89. The van der Waals surface area contributed by atoms with Crippen molar-refractivity contribution < 1.29 is 9.59 Å². The molecule has 5 nitrogen and oxygen atoms in total. The van der Waals surface area contributed by atoms with Gasteiger partial charge in [-0.3, -0.25) is 14.6 Å². The Morgan fingerprint density at radius 1 is 1.15 bits per heavy atom. The minimum Gasteiger partial charge on any atom is -0.368 e. The predicted molar refractivity (Wildman–Crippen MR) is 75.7 cm³/mol. The number of carbonyl (C=O) groups excluding carboxylic acids is 2. The first kappa shape index (κ1) is 14.5. The molecule has 0 aliphatic heterocycles. The summed E-state index contributed by atoms with van der Waals surface area (Å²) in [6.45, 7) is 0. The van der Waals surface area contributed by atoms with Gasteiger partial charge in [-0.1, -0.05) is 25.7 Å². The van der Waals surface area contributed by atoms with Crippen molar-refractivity contribution in [3.63, 3.8) is 0 Å². The first-order chi connectivity index (χ1) is 9.62. The summed E-state index contributed by atoms with van der Waals surface area (Å²) in [4.78, 5) is 27.9. The van der Waals surface area contributed by atoms with E-state index in [2.05, 4.69) is 10.3 Å². The third kappa shape index (κ3) is 3.56. The topological polar surface area (TPSA) is 85.1 Å². The normalized spacial score (nSPS) is 18.0. The number of hydrogen-bond acceptors (Lipinski definition) is 3. The Kier molecular flexibility index (Phi) is 4.71. The van der Waals surface area contributed by atoms with Crippen LogP contribution in [-0.2, 0) is 16.0 Å². The van der Waals surface area contributed by atoms with Gasteiger partial charge in [-0.15, -0.1) is 0 Å². The number of rotatable bonds is 4. The fourth-order valence-corrected chi connectivity index (χ4v) is 2.76. The number of amides is 2. The summed E-state index contributed by atoms with van der Waals surface area (Å²) in [7, 11) is 0. The summed E-state index contributed by atoms with van der Waals surface area (Å²) in [5.74, 6) is -0.570. The second-order valence-electron chi connectivity index (χ2n) is 5.44. The number of hydrogen-bond donors (Lipinski definition) is 2. The molecule has 3 N–H and O–H groups in total. The van der Waals surface area contributed by atoms with E-state index in [1.807, 2.05) is 0 Å². The minimum absolute atomic E-state index is 0.156. The van der Waals surface area contributed by atoms with Crippen LogP contribution in [0, 0.1) is 0 Å². The van der Waals surface area contributed by atoms with Gasteiger partial charge in [0.1, 0.15) is 5.54 Å². The number of nitrogens with one attached hydrogen (secondary N) is 1. The third-order valence-corrected chi connectivity index (χ3v) is 3.92. The Labute approximate surface area is 119 Å². The van der Waals surface area contributed by atoms with Crippen LogP contribution in [0.3, 0.4) is 0 Å². The summed E-state index contributed by atoms with van der Waals surface area (Å²) in [6.07, 6.45) is 8.88. The van der Waals surface area contributed by atoms with Crippen LogP contribution in [0.4, 0.5) is 0 Å². The molecule has 1 aliphatic carbocycles. The lowest BCUT2D eigenvalue weighted by Gasteiger charge is -2.30. The summed E-state index contributed by atoms with van der Waals surface area (Å²) in [5, 5.41) is 2.89. The van der Waals surface area contributed by atoms with E-state index in [-0.39, 0.29) is 12.3 Å². The van der Waals surface area contributed by atoms with Crippen LogP contribution in [0.2, 0.25) is 0 Å². The van der Waals surface area contributed by atoms with Gasteiger partial charge in [-0.25, -0.2) is 0 Å². The molecular formula is C15H21N3O2. The van der Waals surface area contributed by atoms with Crippen molar-refractivity contribution in [2.24, 2.45) is 5.73 Å². The number of aromatic nitrogens is 1. The number of carbonyl (C=O) groups is 2. The molecule has 1 fully saturated rings. The van der Waals surface area contributed by atoms with E-state index in [4.69, 9.17) is 5.73 Å². The highest BCUT2D eigenvalue weighted by Gasteiger charge is 2.38. The monoisotopic (exact) mass is 275 g/mol. The van der Waals surface area contributed by atoms with Gasteiger partial charge in [0.25, 0.3) is 0 Å². The number of nitrogens with two attached hydrogens (primary N) is 1. The van der Waals surface area contributed by atoms with Gasteiger partial charge >= 0.3 is 0 Å². The molecule has 1 aromatic rings. The summed E-state index contributed by atoms with van der Waals surface area (Å²) < 4.78 is 0. The quantitative estimate of drug-likeness (QED) is 0.813. The minimum atomic E-state index is -0.861. The van der Waals surface area contributed by atoms with E-state index in [9.17, 15) is 9.59 Å². The molecule has 5 heteroatoms. The van der Waals surface area contributed by atoms with Crippen LogP contribution in [0.25, 0.3) is 0 Å². The van der Waals surface area contributed by atoms with Crippen molar-refractivity contribution in [2.75, 3.05) is 0 Å². The van der Waals surface area contributed by atoms with E-state index in [0.29, 0.717) is 12.8 Å². The molecule has 2 rings (SSSR count). The molecule has 0 bridgehead atoms. The summed E-state index contributed by atoms with van der Waals surface area (Å²) >= 11 is 0. The van der Waals surface area contributed by atoms with Gasteiger partial charge < -0.3 is 11.1 Å². The van der Waals surface area contributed by atoms with Crippen molar-refractivity contribution in [3.05, 3.63) is 30.1 Å². The molecule has 1 saturated carbocycles. The third-order valence-electron chi connectivity index (χ3n) is 3.92. The van der Waals surface area contributed by atoms with Gasteiger partial charge in [0.2, 0.25) is 11.8 Å². The zero-order chi connectivity index (χ0) is 14.4. The van der Waals surface area contributed by atoms with Crippen molar-refractivity contribution >= 4 is 11.8 Å². The maximum absolute atomic E-state index is 12.2. The van der Waals surface area contributed by atoms with Crippen LogP contribution >= 0.6 is 0 Å². The van der Waals surface area contributed by atoms with Crippen molar-refractivity contribution in [3.8, 4) is 0 Å². The zero-order valence-electron chi connectivity index (χ0n) is 11.6. The van der Waals surface area contributed by atoms with Crippen LogP contribution in [0.5, 0.6) is 0 Å². The predicted octanol–water partition coefficient (Wildman–Crippen LogP) is 1.32. The number of nitrogens with zero attached hydrogens (tertiary/aromatic N) is 1. The molecule has 0 spiro atoms. The first-order valence-electron chi connectivity index (χ1n) is 7.12. The van der Waals surface area contributed by atoms with E-state index >= 15 is 0 Å². The van der Waals surface area contributed by atoms with Gasteiger partial charge in [0.05, 0.1) is 6.42 Å². The molecule has 0 atom stereocenters. The average molecular weight is 275 g/mol. The van der Waals surface area contributed by atoms with Crippen LogP contribution in [0.15, 0.2) is 24.5 Å². The van der Waals surface area contributed by atoms with Crippen molar-refractivity contribution in [1.29, 1.82) is 0 Å². The SMILES string of the molecule is NC(=O)C1(NC(=O)Cc2ccncc2)CCCCCC1. The van der Waals surface area contributed by atoms with E-state index in [1.165, 1.54) is 0 Å². The largest absolute Gasteiger partial charge is 0.368 e. The van der Waals surface area contributed by atoms with E-state index in [0.717, 1.165) is 31.2 Å². The highest BCUT2D eigenvalue weighted by Crippen LogP contribution is 2.27. The molecule has 0 aromatic carbocycles. The van der Waals surface area contributed by atoms with Crippen molar-refractivity contribution in [2.45, 2.75) is 50.5 Å². The van der Waals surface area contributed by atoms with Gasteiger partial charge in [0.15, 0.2) is 0 Å². The number of primary amides is 1. The molecule has 2 amide bonds. The number of pyridine rings is 1. The van der Waals surface area contributed by atoms with Gasteiger partial charge in [-0.2, -0.15) is 0 Å². The Morgan fingerprint density at radius 2 is 1.75 bits per heavy atom. The zero-order valence-corrected chi connectivity index (χ0v) is 11.6. The molecule has 1 aromatic heterocycles. The van der Waals surface area contributed by atoms with E-state index < -0.39 is 11.4 Å². The highest BCUT2D eigenvalue weighted by molar-refractivity contribution is 5.91. The first-order valence-corrected chi connectivity index (χ1v) is 7.12. The summed E-state index contributed by atoms with van der Waals surface area (Å²) in [5.41, 5.74) is 5.57. The summed E-state index contributed by atoms with van der Waals surface area (Å²) in [6, 6.07) is 3.59. The molecular weight excluding hydrogens is 254 g/mol. The smallest absolute Gasteiger partial charge is 0.243 e. The average Bonchev–Trinajstić information content (AvgIpc) is 2.66. The standard InChI is InChI=1S/C15H21N3O2/c16-14(20)15(7-3-1-2-4-8-15)18-13(19)11-12-5-9-17-10-6-12/h5-6,9-10H,1-4,7-8,11H2,(H2,16,20)(H,18,19). The Morgan fingerprint density at radius 3 is 2.30 bits per heavy atom. The van der Waals surface area contributed by atoms with Crippen LogP contribution in [-0.4, -0.2) is 22.3 Å². The highest BCUT2D eigenvalue weighted by atomic mass is 16.2. The van der Waals surface area contributed by atoms with Gasteiger partial charge in [0, 0.05) is 12.4 Å².